The van der Waals surface area contributed by atoms with Crippen molar-refractivity contribution < 1.29 is 9.47 Å². The summed E-state index contributed by atoms with van der Waals surface area (Å²) in [5, 5.41) is 0. The molecule has 158 valence electrons. The molecule has 8 heteroatoms. The van der Waals surface area contributed by atoms with Crippen LogP contribution < -0.4 is 26.6 Å². The number of ether oxygens (including phenoxy) is 2. The molecule has 0 spiro atoms. The molecule has 0 aliphatic carbocycles. The first kappa shape index (κ1) is 21.0. The van der Waals surface area contributed by atoms with Crippen LogP contribution in [-0.2, 0) is 17.8 Å². The highest BCUT2D eigenvalue weighted by molar-refractivity contribution is 5.62. The van der Waals surface area contributed by atoms with Crippen LogP contribution >= 0.6 is 0 Å². The second kappa shape index (κ2) is 9.65. The highest BCUT2D eigenvalue weighted by Crippen LogP contribution is 2.19. The summed E-state index contributed by atoms with van der Waals surface area (Å²) in [6, 6.07) is 7.66. The van der Waals surface area contributed by atoms with Gasteiger partial charge in [-0.1, -0.05) is 31.0 Å². The second-order valence-corrected chi connectivity index (χ2v) is 7.24. The number of aromatic nitrogens is 2. The fourth-order valence-electron chi connectivity index (χ4n) is 3.40. The molecule has 0 atom stereocenters. The van der Waals surface area contributed by atoms with E-state index < -0.39 is 0 Å². The number of hydrogen-bond acceptors (Lipinski definition) is 6. The molecule has 2 heterocycles. The van der Waals surface area contributed by atoms with E-state index in [0.29, 0.717) is 44.3 Å². The molecule has 0 unspecified atom stereocenters. The van der Waals surface area contributed by atoms with E-state index in [0.717, 1.165) is 18.4 Å². The lowest BCUT2D eigenvalue weighted by Crippen LogP contribution is -2.48. The zero-order valence-corrected chi connectivity index (χ0v) is 17.2. The van der Waals surface area contributed by atoms with Crippen LogP contribution in [0.3, 0.4) is 0 Å². The summed E-state index contributed by atoms with van der Waals surface area (Å²) in [7, 11) is 0. The van der Waals surface area contributed by atoms with Gasteiger partial charge in [0.2, 0.25) is 0 Å². The zero-order chi connectivity index (χ0) is 20.8. The Morgan fingerprint density at radius 2 is 1.76 bits per heavy atom. The van der Waals surface area contributed by atoms with Gasteiger partial charge in [0.25, 0.3) is 5.56 Å². The van der Waals surface area contributed by atoms with Crippen molar-refractivity contribution in [1.29, 1.82) is 0 Å². The predicted octanol–water partition coefficient (Wildman–Crippen LogP) is 1.62. The van der Waals surface area contributed by atoms with E-state index in [1.807, 2.05) is 36.1 Å². The second-order valence-electron chi connectivity index (χ2n) is 7.24. The Morgan fingerprint density at radius 3 is 2.41 bits per heavy atom. The lowest BCUT2D eigenvalue weighted by molar-refractivity contribution is 0.122. The fourth-order valence-corrected chi connectivity index (χ4v) is 3.40. The Labute approximate surface area is 170 Å². The van der Waals surface area contributed by atoms with E-state index in [2.05, 4.69) is 6.92 Å². The van der Waals surface area contributed by atoms with E-state index in [1.54, 1.807) is 0 Å². The number of anilines is 2. The first-order chi connectivity index (χ1) is 14.0. The van der Waals surface area contributed by atoms with Crippen LogP contribution in [0.1, 0.15) is 25.3 Å². The maximum atomic E-state index is 13.2. The van der Waals surface area contributed by atoms with E-state index >= 15 is 0 Å². The van der Waals surface area contributed by atoms with Crippen molar-refractivity contribution in [2.75, 3.05) is 43.5 Å². The lowest BCUT2D eigenvalue weighted by atomic mass is 10.2. The van der Waals surface area contributed by atoms with E-state index in [-0.39, 0.29) is 30.2 Å². The van der Waals surface area contributed by atoms with Gasteiger partial charge < -0.3 is 20.1 Å². The molecule has 8 nitrogen and oxygen atoms in total. The predicted molar refractivity (Wildman–Crippen MR) is 114 cm³/mol. The molecule has 1 aliphatic rings. The maximum Gasteiger partial charge on any atom is 0.332 e. The molecule has 1 aromatic heterocycles. The summed E-state index contributed by atoms with van der Waals surface area (Å²) < 4.78 is 13.9. The van der Waals surface area contributed by atoms with Crippen molar-refractivity contribution in [2.45, 2.75) is 39.8 Å². The molecule has 3 rings (SSSR count). The number of benzene rings is 1. The molecule has 1 saturated heterocycles. The molecular formula is C21H30N4O4. The van der Waals surface area contributed by atoms with Crippen LogP contribution in [0.15, 0.2) is 33.9 Å². The third-order valence-electron chi connectivity index (χ3n) is 5.11. The van der Waals surface area contributed by atoms with Gasteiger partial charge in [-0.15, -0.1) is 0 Å². The summed E-state index contributed by atoms with van der Waals surface area (Å²) in [6.45, 7) is 7.13. The number of rotatable bonds is 8. The van der Waals surface area contributed by atoms with Crippen LogP contribution in [-0.4, -0.2) is 42.0 Å². The van der Waals surface area contributed by atoms with Crippen molar-refractivity contribution in [3.63, 3.8) is 0 Å². The number of hydrogen-bond donors (Lipinski definition) is 1. The minimum Gasteiger partial charge on any atom is -0.492 e. The molecule has 0 radical (unpaired) electrons. The van der Waals surface area contributed by atoms with Crippen molar-refractivity contribution >= 4 is 11.5 Å². The van der Waals surface area contributed by atoms with Gasteiger partial charge in [-0.05, 0) is 25.5 Å². The highest BCUT2D eigenvalue weighted by atomic mass is 16.5. The fraction of sp³-hybridized carbons (Fsp3) is 0.524. The van der Waals surface area contributed by atoms with Gasteiger partial charge in [0, 0.05) is 19.6 Å². The zero-order valence-electron chi connectivity index (χ0n) is 17.2. The third kappa shape index (κ3) is 4.82. The molecule has 0 bridgehead atoms. The number of nitrogens with zero attached hydrogens (tertiary/aromatic N) is 3. The van der Waals surface area contributed by atoms with Crippen LogP contribution in [0, 0.1) is 6.92 Å². The van der Waals surface area contributed by atoms with E-state index in [4.69, 9.17) is 15.2 Å². The molecule has 0 saturated carbocycles. The van der Waals surface area contributed by atoms with Crippen molar-refractivity contribution in [1.82, 2.24) is 9.13 Å². The SMILES string of the molecule is CCCCn1c(N)c(N2CCOCC2)c(=O)n(CCOc2ccc(C)cc2)c1=O. The number of nitrogens with two attached hydrogens (primary N) is 1. The van der Waals surface area contributed by atoms with Gasteiger partial charge in [-0.2, -0.15) is 0 Å². The Kier molecular flexibility index (Phi) is 6.98. The highest BCUT2D eigenvalue weighted by Gasteiger charge is 2.23. The standard InChI is InChI=1S/C21H30N4O4/c1-3-4-9-24-19(22)18(23-10-13-28-14-11-23)20(26)25(21(24)27)12-15-29-17-7-5-16(2)6-8-17/h5-8H,3-4,9-15,22H2,1-2H3. The Balaban J connectivity index is 1.90. The van der Waals surface area contributed by atoms with Crippen molar-refractivity contribution in [3.8, 4) is 5.75 Å². The van der Waals surface area contributed by atoms with Gasteiger partial charge in [-0.25, -0.2) is 4.79 Å². The summed E-state index contributed by atoms with van der Waals surface area (Å²) >= 11 is 0. The molecule has 29 heavy (non-hydrogen) atoms. The normalized spacial score (nSPS) is 14.2. The Morgan fingerprint density at radius 1 is 1.07 bits per heavy atom. The minimum absolute atomic E-state index is 0.162. The van der Waals surface area contributed by atoms with Crippen LogP contribution in [0.2, 0.25) is 0 Å². The average molecular weight is 402 g/mol. The molecule has 1 aliphatic heterocycles. The summed E-state index contributed by atoms with van der Waals surface area (Å²) in [5.41, 5.74) is 7.07. The average Bonchev–Trinajstić information content (AvgIpc) is 2.72. The summed E-state index contributed by atoms with van der Waals surface area (Å²) in [6.07, 6.45) is 1.74. The molecule has 1 fully saturated rings. The van der Waals surface area contributed by atoms with Crippen LogP contribution in [0.5, 0.6) is 5.75 Å². The first-order valence-electron chi connectivity index (χ1n) is 10.2. The van der Waals surface area contributed by atoms with E-state index in [1.165, 1.54) is 9.13 Å². The topological polar surface area (TPSA) is 91.7 Å². The van der Waals surface area contributed by atoms with E-state index in [9.17, 15) is 9.59 Å². The first-order valence-corrected chi connectivity index (χ1v) is 10.2. The quantitative estimate of drug-likeness (QED) is 0.721. The Bertz CT molecular complexity index is 927. The molecule has 1 aromatic carbocycles. The van der Waals surface area contributed by atoms with Crippen molar-refractivity contribution in [2.24, 2.45) is 0 Å². The molecule has 2 N–H and O–H groups in total. The van der Waals surface area contributed by atoms with Crippen molar-refractivity contribution in [3.05, 3.63) is 50.7 Å². The van der Waals surface area contributed by atoms with Gasteiger partial charge in [0.15, 0.2) is 0 Å². The molecule has 2 aromatic rings. The monoisotopic (exact) mass is 402 g/mol. The molecular weight excluding hydrogens is 372 g/mol. The summed E-state index contributed by atoms with van der Waals surface area (Å²) in [4.78, 5) is 28.1. The maximum absolute atomic E-state index is 13.2. The number of unbranched alkanes of at least 4 members (excludes halogenated alkanes) is 1. The van der Waals surface area contributed by atoms with Gasteiger partial charge >= 0.3 is 5.69 Å². The summed E-state index contributed by atoms with van der Waals surface area (Å²) in [5.74, 6) is 0.949. The van der Waals surface area contributed by atoms with Gasteiger partial charge in [-0.3, -0.25) is 13.9 Å². The Hall–Kier alpha value is -2.74. The van der Waals surface area contributed by atoms with Crippen LogP contribution in [0.4, 0.5) is 11.5 Å². The minimum atomic E-state index is -0.384. The van der Waals surface area contributed by atoms with Crippen LogP contribution in [0.25, 0.3) is 0 Å². The third-order valence-corrected chi connectivity index (χ3v) is 5.11. The number of aryl methyl sites for hydroxylation is 1. The number of morpholine rings is 1. The number of nitrogen functional groups attached to an aromatic ring is 1. The smallest absolute Gasteiger partial charge is 0.332 e. The van der Waals surface area contributed by atoms with Gasteiger partial charge in [0.1, 0.15) is 23.9 Å². The lowest BCUT2D eigenvalue weighted by Gasteiger charge is -2.30. The molecule has 0 amide bonds. The van der Waals surface area contributed by atoms with Gasteiger partial charge in [0.05, 0.1) is 19.8 Å². The largest absolute Gasteiger partial charge is 0.492 e.